The number of hydrogen-bond acceptors (Lipinski definition) is 3. The van der Waals surface area contributed by atoms with Crippen LogP contribution in [0.3, 0.4) is 0 Å². The number of phenolic OH excluding ortho intramolecular Hbond substituents is 1. The van der Waals surface area contributed by atoms with Gasteiger partial charge in [0.25, 0.3) is 0 Å². The number of rotatable bonds is 4. The van der Waals surface area contributed by atoms with Crippen LogP contribution < -0.4 is 5.48 Å². The van der Waals surface area contributed by atoms with Crippen molar-refractivity contribution in [1.82, 2.24) is 0 Å². The lowest BCUT2D eigenvalue weighted by Crippen LogP contribution is -2.01. The maximum Gasteiger partial charge on any atom is 0.140 e. The average molecular weight is 252 g/mol. The Hall–Kier alpha value is -1.71. The lowest BCUT2D eigenvalue weighted by atomic mass is 10.2. The van der Waals surface area contributed by atoms with Crippen molar-refractivity contribution in [2.24, 2.45) is 0 Å². The molecule has 90 valence electrons. The van der Waals surface area contributed by atoms with Crippen molar-refractivity contribution < 1.29 is 9.94 Å². The number of hydrogen-bond donors (Lipinski definition) is 2. The van der Waals surface area contributed by atoms with Crippen molar-refractivity contribution in [1.29, 1.82) is 0 Å². The third-order valence-electron chi connectivity index (χ3n) is 2.17. The summed E-state index contributed by atoms with van der Waals surface area (Å²) in [5, 5.41) is 9.47. The van der Waals surface area contributed by atoms with Crippen LogP contribution in [-0.2, 0) is 11.4 Å². The monoisotopic (exact) mass is 251 g/mol. The second-order valence-corrected chi connectivity index (χ2v) is 3.39. The van der Waals surface area contributed by atoms with E-state index in [2.05, 4.69) is 5.48 Å². The van der Waals surface area contributed by atoms with Crippen molar-refractivity contribution in [2.75, 3.05) is 5.48 Å². The van der Waals surface area contributed by atoms with Gasteiger partial charge in [-0.1, -0.05) is 42.5 Å². The van der Waals surface area contributed by atoms with Crippen LogP contribution in [0, 0.1) is 0 Å². The average Bonchev–Trinajstić information content (AvgIpc) is 2.33. The highest BCUT2D eigenvalue weighted by Crippen LogP contribution is 2.21. The van der Waals surface area contributed by atoms with E-state index >= 15 is 0 Å². The Kier molecular flexibility index (Phi) is 5.33. The molecule has 4 heteroatoms. The molecule has 0 aliphatic carbocycles. The van der Waals surface area contributed by atoms with Gasteiger partial charge >= 0.3 is 0 Å². The first-order valence-electron chi connectivity index (χ1n) is 5.06. The highest BCUT2D eigenvalue weighted by Gasteiger charge is 1.98. The van der Waals surface area contributed by atoms with E-state index in [-0.39, 0.29) is 18.2 Å². The lowest BCUT2D eigenvalue weighted by molar-refractivity contribution is 0.179. The van der Waals surface area contributed by atoms with Crippen LogP contribution in [0.4, 0.5) is 5.69 Å². The summed E-state index contributed by atoms with van der Waals surface area (Å²) in [6.07, 6.45) is 0. The molecule has 0 saturated heterocycles. The molecule has 0 heterocycles. The first-order valence-corrected chi connectivity index (χ1v) is 5.06. The van der Waals surface area contributed by atoms with Crippen molar-refractivity contribution >= 4 is 18.1 Å². The molecule has 2 aromatic carbocycles. The summed E-state index contributed by atoms with van der Waals surface area (Å²) in [5.74, 6) is 0.176. The summed E-state index contributed by atoms with van der Waals surface area (Å²) in [4.78, 5) is 5.28. The molecule has 0 aromatic heterocycles. The first-order chi connectivity index (χ1) is 7.86. The zero-order chi connectivity index (χ0) is 11.2. The molecule has 0 amide bonds. The maximum absolute atomic E-state index is 9.47. The minimum atomic E-state index is 0. The molecule has 0 unspecified atom stereocenters. The van der Waals surface area contributed by atoms with E-state index in [1.165, 1.54) is 0 Å². The van der Waals surface area contributed by atoms with Gasteiger partial charge in [0.1, 0.15) is 11.4 Å². The molecule has 0 aliphatic heterocycles. The minimum Gasteiger partial charge on any atom is -0.506 e. The van der Waals surface area contributed by atoms with E-state index in [9.17, 15) is 5.11 Å². The molecule has 0 spiro atoms. The van der Waals surface area contributed by atoms with E-state index < -0.39 is 0 Å². The number of anilines is 1. The van der Waals surface area contributed by atoms with Gasteiger partial charge < -0.3 is 5.11 Å². The zero-order valence-corrected chi connectivity index (χ0v) is 9.98. The van der Waals surface area contributed by atoms with E-state index in [1.54, 1.807) is 18.2 Å². The Morgan fingerprint density at radius 3 is 2.29 bits per heavy atom. The van der Waals surface area contributed by atoms with Gasteiger partial charge in [-0.3, -0.25) is 10.3 Å². The van der Waals surface area contributed by atoms with Crippen LogP contribution in [0.5, 0.6) is 5.75 Å². The van der Waals surface area contributed by atoms with Gasteiger partial charge in [0.05, 0.1) is 6.61 Å². The van der Waals surface area contributed by atoms with Gasteiger partial charge in [-0.2, -0.15) is 0 Å². The highest BCUT2D eigenvalue weighted by molar-refractivity contribution is 5.85. The molecule has 2 rings (SSSR count). The third kappa shape index (κ3) is 3.98. The molecule has 0 bridgehead atoms. The summed E-state index contributed by atoms with van der Waals surface area (Å²) < 4.78 is 0. The zero-order valence-electron chi connectivity index (χ0n) is 9.17. The number of halogens is 1. The molecule has 0 saturated carbocycles. The summed E-state index contributed by atoms with van der Waals surface area (Å²) in [7, 11) is 0. The Balaban J connectivity index is 0.00000144. The van der Waals surface area contributed by atoms with E-state index in [0.717, 1.165) is 5.56 Å². The maximum atomic E-state index is 9.47. The topological polar surface area (TPSA) is 41.5 Å². The molecule has 0 radical (unpaired) electrons. The summed E-state index contributed by atoms with van der Waals surface area (Å²) in [5.41, 5.74) is 4.35. The highest BCUT2D eigenvalue weighted by atomic mass is 35.5. The summed E-state index contributed by atoms with van der Waals surface area (Å²) >= 11 is 0. The smallest absolute Gasteiger partial charge is 0.140 e. The van der Waals surface area contributed by atoms with Gasteiger partial charge in [-0.25, -0.2) is 0 Å². The molecule has 0 atom stereocenters. The largest absolute Gasteiger partial charge is 0.506 e. The van der Waals surface area contributed by atoms with Crippen molar-refractivity contribution in [2.45, 2.75) is 6.61 Å². The minimum absolute atomic E-state index is 0. The normalized spacial score (nSPS) is 9.41. The molecule has 0 fully saturated rings. The molecule has 2 N–H and O–H groups in total. The van der Waals surface area contributed by atoms with E-state index in [0.29, 0.717) is 12.3 Å². The van der Waals surface area contributed by atoms with Crippen molar-refractivity contribution in [3.05, 3.63) is 60.2 Å². The van der Waals surface area contributed by atoms with Crippen LogP contribution in [0.2, 0.25) is 0 Å². The van der Waals surface area contributed by atoms with Crippen molar-refractivity contribution in [3.8, 4) is 5.75 Å². The Morgan fingerprint density at radius 2 is 1.59 bits per heavy atom. The Morgan fingerprint density at radius 1 is 0.941 bits per heavy atom. The molecule has 17 heavy (non-hydrogen) atoms. The van der Waals surface area contributed by atoms with Gasteiger partial charge in [-0.05, 0) is 17.7 Å². The van der Waals surface area contributed by atoms with Crippen LogP contribution in [-0.4, -0.2) is 5.11 Å². The summed E-state index contributed by atoms with van der Waals surface area (Å²) in [6.45, 7) is 0.454. The van der Waals surface area contributed by atoms with Crippen LogP contribution in [0.25, 0.3) is 0 Å². The predicted octanol–water partition coefficient (Wildman–Crippen LogP) is 3.36. The van der Waals surface area contributed by atoms with Gasteiger partial charge in [0.2, 0.25) is 0 Å². The van der Waals surface area contributed by atoms with Gasteiger partial charge in [-0.15, -0.1) is 12.4 Å². The van der Waals surface area contributed by atoms with E-state index in [1.807, 2.05) is 36.4 Å². The third-order valence-corrected chi connectivity index (χ3v) is 2.17. The number of phenols is 1. The van der Waals surface area contributed by atoms with Crippen LogP contribution >= 0.6 is 12.4 Å². The van der Waals surface area contributed by atoms with Gasteiger partial charge in [0, 0.05) is 0 Å². The predicted molar refractivity (Wildman–Crippen MR) is 70.2 cm³/mol. The lowest BCUT2D eigenvalue weighted by Gasteiger charge is -2.08. The standard InChI is InChI=1S/C13H13NO2.ClH/c15-13-9-5-4-8-12(13)14-16-10-11-6-2-1-3-7-11;/h1-9,14-15H,10H2;1H. The number of nitrogens with one attached hydrogen (secondary N) is 1. The molecular formula is C13H14ClNO2. The number of para-hydroxylation sites is 2. The Labute approximate surface area is 106 Å². The van der Waals surface area contributed by atoms with Crippen LogP contribution in [0.15, 0.2) is 54.6 Å². The molecule has 2 aromatic rings. The molecular weight excluding hydrogens is 238 g/mol. The van der Waals surface area contributed by atoms with Crippen molar-refractivity contribution in [3.63, 3.8) is 0 Å². The number of aromatic hydroxyl groups is 1. The molecule has 0 aliphatic rings. The van der Waals surface area contributed by atoms with Crippen LogP contribution in [0.1, 0.15) is 5.56 Å². The second kappa shape index (κ2) is 6.78. The number of benzene rings is 2. The van der Waals surface area contributed by atoms with Gasteiger partial charge in [0.15, 0.2) is 0 Å². The fraction of sp³-hybridized carbons (Fsp3) is 0.0769. The fourth-order valence-electron chi connectivity index (χ4n) is 1.33. The SMILES string of the molecule is Cl.Oc1ccccc1NOCc1ccccc1. The Bertz CT molecular complexity index is 448. The fourth-order valence-corrected chi connectivity index (χ4v) is 1.33. The summed E-state index contributed by atoms with van der Waals surface area (Å²) in [6, 6.07) is 16.8. The molecule has 3 nitrogen and oxygen atoms in total. The first kappa shape index (κ1) is 13.4. The second-order valence-electron chi connectivity index (χ2n) is 3.39. The quantitative estimate of drug-likeness (QED) is 0.647. The van der Waals surface area contributed by atoms with E-state index in [4.69, 9.17) is 4.84 Å².